The average molecular weight is 454 g/mol. The topological polar surface area (TPSA) is 222 Å². The fourth-order valence-electron chi connectivity index (χ4n) is 2.75. The van der Waals surface area contributed by atoms with E-state index < -0.39 is 60.2 Å². The van der Waals surface area contributed by atoms with E-state index in [0.29, 0.717) is 12.1 Å². The van der Waals surface area contributed by atoms with E-state index in [0.717, 1.165) is 0 Å². The molecule has 1 aromatic heterocycles. The van der Waals surface area contributed by atoms with Crippen LogP contribution in [0.4, 0.5) is 0 Å². The van der Waals surface area contributed by atoms with Crippen molar-refractivity contribution in [3.8, 4) is 0 Å². The summed E-state index contributed by atoms with van der Waals surface area (Å²) in [6, 6.07) is -4.60. The van der Waals surface area contributed by atoms with Gasteiger partial charge < -0.3 is 37.5 Å². The molecule has 32 heavy (non-hydrogen) atoms. The second-order valence-corrected chi connectivity index (χ2v) is 7.56. The number of carboxylic acid groups (broad SMARTS) is 1. The van der Waals surface area contributed by atoms with Gasteiger partial charge >= 0.3 is 5.97 Å². The van der Waals surface area contributed by atoms with Gasteiger partial charge in [0, 0.05) is 18.3 Å². The molecule has 0 saturated carbocycles. The molecular formula is C19H31N7O6. The van der Waals surface area contributed by atoms with Gasteiger partial charge in [0.15, 0.2) is 0 Å². The van der Waals surface area contributed by atoms with E-state index in [-0.39, 0.29) is 12.3 Å². The van der Waals surface area contributed by atoms with E-state index in [1.54, 1.807) is 13.8 Å². The Morgan fingerprint density at radius 1 is 1.09 bits per heavy atom. The first-order chi connectivity index (χ1) is 15.0. The van der Waals surface area contributed by atoms with E-state index in [2.05, 4.69) is 25.9 Å². The number of carbonyl (C=O) groups excluding carboxylic acids is 4. The van der Waals surface area contributed by atoms with Crippen LogP contribution in [-0.4, -0.2) is 68.8 Å². The van der Waals surface area contributed by atoms with Crippen molar-refractivity contribution in [2.75, 3.05) is 0 Å². The minimum absolute atomic E-state index is 0.000175. The van der Waals surface area contributed by atoms with Crippen molar-refractivity contribution in [3.05, 3.63) is 18.2 Å². The van der Waals surface area contributed by atoms with Gasteiger partial charge in [0.05, 0.1) is 18.8 Å². The van der Waals surface area contributed by atoms with Gasteiger partial charge in [-0.2, -0.15) is 0 Å². The first-order valence-corrected chi connectivity index (χ1v) is 10.1. The van der Waals surface area contributed by atoms with Crippen LogP contribution in [-0.2, 0) is 30.4 Å². The first-order valence-electron chi connectivity index (χ1n) is 10.1. The minimum atomic E-state index is -1.25. The number of nitrogens with zero attached hydrogens (tertiary/aromatic N) is 1. The Bertz CT molecular complexity index is 813. The second-order valence-electron chi connectivity index (χ2n) is 7.56. The summed E-state index contributed by atoms with van der Waals surface area (Å²) in [6.45, 7) is 4.87. The van der Waals surface area contributed by atoms with Gasteiger partial charge in [-0.25, -0.2) is 9.78 Å². The Labute approximate surface area is 185 Å². The van der Waals surface area contributed by atoms with Crippen LogP contribution < -0.4 is 27.4 Å². The number of amides is 4. The fraction of sp³-hybridized carbons (Fsp3) is 0.579. The molecule has 5 unspecified atom stereocenters. The van der Waals surface area contributed by atoms with Crippen molar-refractivity contribution in [1.29, 1.82) is 0 Å². The fourth-order valence-corrected chi connectivity index (χ4v) is 2.75. The molecule has 4 amide bonds. The number of nitrogens with one attached hydrogen (secondary N) is 4. The molecule has 1 rings (SSSR count). The van der Waals surface area contributed by atoms with E-state index in [1.807, 2.05) is 0 Å². The van der Waals surface area contributed by atoms with Crippen LogP contribution in [0.2, 0.25) is 0 Å². The van der Waals surface area contributed by atoms with Gasteiger partial charge in [0.2, 0.25) is 23.6 Å². The number of carbonyl (C=O) groups is 5. The standard InChI is InChI=1S/C19H31N7O6/c1-4-9(2)15(19(31)32)26-16(28)10(3)24-18(30)13(5-11-7-22-8-23-11)25-17(29)12(20)6-14(21)27/h7-10,12-13,15H,4-6,20H2,1-3H3,(H2,21,27)(H,22,23)(H,24,30)(H,25,29)(H,26,28)(H,31,32). The predicted octanol–water partition coefficient (Wildman–Crippen LogP) is -2.24. The molecule has 0 radical (unpaired) electrons. The van der Waals surface area contributed by atoms with E-state index in [9.17, 15) is 29.1 Å². The summed E-state index contributed by atoms with van der Waals surface area (Å²) in [5, 5.41) is 16.6. The summed E-state index contributed by atoms with van der Waals surface area (Å²) < 4.78 is 0. The smallest absolute Gasteiger partial charge is 0.326 e. The lowest BCUT2D eigenvalue weighted by atomic mass is 9.99. The molecule has 0 aliphatic heterocycles. The molecule has 9 N–H and O–H groups in total. The summed E-state index contributed by atoms with van der Waals surface area (Å²) in [5.74, 6) is -4.46. The van der Waals surface area contributed by atoms with Crippen molar-refractivity contribution in [2.45, 2.75) is 64.2 Å². The zero-order valence-electron chi connectivity index (χ0n) is 18.3. The largest absolute Gasteiger partial charge is 0.480 e. The number of aromatic nitrogens is 2. The number of carboxylic acids is 1. The summed E-state index contributed by atoms with van der Waals surface area (Å²) in [7, 11) is 0. The number of aromatic amines is 1. The Hall–Kier alpha value is -3.48. The van der Waals surface area contributed by atoms with Gasteiger partial charge in [-0.1, -0.05) is 20.3 Å². The normalized spacial score (nSPS) is 15.5. The van der Waals surface area contributed by atoms with Crippen molar-refractivity contribution in [1.82, 2.24) is 25.9 Å². The molecule has 5 atom stereocenters. The van der Waals surface area contributed by atoms with Crippen LogP contribution >= 0.6 is 0 Å². The highest BCUT2D eigenvalue weighted by Gasteiger charge is 2.30. The Morgan fingerprint density at radius 2 is 1.75 bits per heavy atom. The van der Waals surface area contributed by atoms with E-state index >= 15 is 0 Å². The third-order valence-corrected chi connectivity index (χ3v) is 4.90. The monoisotopic (exact) mass is 453 g/mol. The summed E-state index contributed by atoms with van der Waals surface area (Å²) in [4.78, 5) is 66.6. The van der Waals surface area contributed by atoms with Gasteiger partial charge in [-0.3, -0.25) is 19.2 Å². The van der Waals surface area contributed by atoms with Crippen LogP contribution in [0, 0.1) is 5.92 Å². The first kappa shape index (κ1) is 26.6. The van der Waals surface area contributed by atoms with Crippen LogP contribution in [0.5, 0.6) is 0 Å². The molecule has 0 bridgehead atoms. The highest BCUT2D eigenvalue weighted by Crippen LogP contribution is 2.08. The maximum absolute atomic E-state index is 12.8. The molecular weight excluding hydrogens is 422 g/mol. The van der Waals surface area contributed by atoms with Crippen LogP contribution in [0.3, 0.4) is 0 Å². The summed E-state index contributed by atoms with van der Waals surface area (Å²) in [6.07, 6.45) is 2.97. The number of primary amides is 1. The minimum Gasteiger partial charge on any atom is -0.480 e. The zero-order chi connectivity index (χ0) is 24.4. The van der Waals surface area contributed by atoms with Crippen molar-refractivity contribution in [2.24, 2.45) is 17.4 Å². The third kappa shape index (κ3) is 8.34. The predicted molar refractivity (Wildman–Crippen MR) is 113 cm³/mol. The molecule has 1 aromatic rings. The molecule has 0 saturated heterocycles. The molecule has 178 valence electrons. The van der Waals surface area contributed by atoms with Crippen molar-refractivity contribution in [3.63, 3.8) is 0 Å². The van der Waals surface area contributed by atoms with E-state index in [1.165, 1.54) is 19.4 Å². The molecule has 13 heteroatoms. The second kappa shape index (κ2) is 12.4. The highest BCUT2D eigenvalue weighted by molar-refractivity contribution is 5.95. The molecule has 0 fully saturated rings. The summed E-state index contributed by atoms with van der Waals surface area (Å²) >= 11 is 0. The molecule has 0 aliphatic carbocycles. The maximum atomic E-state index is 12.8. The lowest BCUT2D eigenvalue weighted by Gasteiger charge is -2.24. The Morgan fingerprint density at radius 3 is 2.25 bits per heavy atom. The third-order valence-electron chi connectivity index (χ3n) is 4.90. The van der Waals surface area contributed by atoms with Crippen LogP contribution in [0.25, 0.3) is 0 Å². The number of aliphatic carboxylic acids is 1. The zero-order valence-corrected chi connectivity index (χ0v) is 18.3. The maximum Gasteiger partial charge on any atom is 0.326 e. The number of H-pyrrole nitrogens is 1. The van der Waals surface area contributed by atoms with Crippen LogP contribution in [0.1, 0.15) is 39.3 Å². The number of nitrogens with two attached hydrogens (primary N) is 2. The number of rotatable bonds is 13. The average Bonchev–Trinajstić information content (AvgIpc) is 3.22. The molecule has 0 spiro atoms. The van der Waals surface area contributed by atoms with Crippen molar-refractivity contribution < 1.29 is 29.1 Å². The number of imidazole rings is 1. The lowest BCUT2D eigenvalue weighted by molar-refractivity contribution is -0.143. The van der Waals surface area contributed by atoms with Crippen molar-refractivity contribution >= 4 is 29.6 Å². The molecule has 0 aliphatic rings. The van der Waals surface area contributed by atoms with Gasteiger partial charge in [0.25, 0.3) is 0 Å². The quantitative estimate of drug-likeness (QED) is 0.172. The number of hydrogen-bond acceptors (Lipinski definition) is 7. The van der Waals surface area contributed by atoms with Gasteiger partial charge in [-0.15, -0.1) is 0 Å². The number of hydrogen-bond donors (Lipinski definition) is 7. The lowest BCUT2D eigenvalue weighted by Crippen LogP contribution is -2.57. The molecule has 1 heterocycles. The highest BCUT2D eigenvalue weighted by atomic mass is 16.4. The SMILES string of the molecule is CCC(C)C(NC(=O)C(C)NC(=O)C(Cc1cnc[nH]1)NC(=O)C(N)CC(N)=O)C(=O)O. The van der Waals surface area contributed by atoms with Gasteiger partial charge in [0.1, 0.15) is 18.1 Å². The molecule has 13 nitrogen and oxygen atoms in total. The summed E-state index contributed by atoms with van der Waals surface area (Å²) in [5.41, 5.74) is 11.2. The van der Waals surface area contributed by atoms with E-state index in [4.69, 9.17) is 11.5 Å². The molecule has 0 aromatic carbocycles. The van der Waals surface area contributed by atoms with Gasteiger partial charge in [-0.05, 0) is 12.8 Å². The Balaban J connectivity index is 2.87. The van der Waals surface area contributed by atoms with Crippen LogP contribution in [0.15, 0.2) is 12.5 Å². The Kier molecular flexibility index (Phi) is 10.3.